The number of hydrogen-bond acceptors (Lipinski definition) is 3. The summed E-state index contributed by atoms with van der Waals surface area (Å²) in [6, 6.07) is 10.8. The molecular weight excluding hydrogens is 423 g/mol. The van der Waals surface area contributed by atoms with Crippen LogP contribution in [0.4, 0.5) is 18.9 Å². The summed E-state index contributed by atoms with van der Waals surface area (Å²) in [6.45, 7) is 4.20. The van der Waals surface area contributed by atoms with E-state index in [9.17, 15) is 18.0 Å². The first-order chi connectivity index (χ1) is 13.6. The van der Waals surface area contributed by atoms with Gasteiger partial charge in [-0.15, -0.1) is 11.3 Å². The van der Waals surface area contributed by atoms with Crippen LogP contribution in [-0.4, -0.2) is 5.91 Å². The number of rotatable bonds is 5. The van der Waals surface area contributed by atoms with E-state index < -0.39 is 22.7 Å². The molecule has 1 heterocycles. The number of benzene rings is 2. The number of ether oxygens (including phenoxy) is 1. The van der Waals surface area contributed by atoms with Crippen molar-refractivity contribution in [2.75, 3.05) is 5.32 Å². The van der Waals surface area contributed by atoms with Gasteiger partial charge in [-0.25, -0.2) is 0 Å². The molecule has 1 amide bonds. The van der Waals surface area contributed by atoms with Crippen molar-refractivity contribution in [3.8, 4) is 5.75 Å². The molecule has 1 aromatic heterocycles. The maximum atomic E-state index is 13.0. The standard InChI is InChI=1S/C21H17ClF3NO2S/c1-12-4-3-5-13(2)19(12)28-10-14-8-18(29-11-14)20(27)26-15-6-7-17(22)16(9-15)21(23,24)25/h3-9,11H,10H2,1-2H3,(H,26,27). The number of thiophene rings is 1. The first kappa shape index (κ1) is 21.2. The van der Waals surface area contributed by atoms with Crippen molar-refractivity contribution in [3.05, 3.63) is 80.0 Å². The van der Waals surface area contributed by atoms with Gasteiger partial charge < -0.3 is 10.1 Å². The van der Waals surface area contributed by atoms with Gasteiger partial charge in [-0.3, -0.25) is 4.79 Å². The summed E-state index contributed by atoms with van der Waals surface area (Å²) < 4.78 is 44.8. The molecule has 0 atom stereocenters. The Balaban J connectivity index is 1.68. The average Bonchev–Trinajstić information content (AvgIpc) is 3.11. The topological polar surface area (TPSA) is 38.3 Å². The molecule has 3 nitrogen and oxygen atoms in total. The third-order valence-electron chi connectivity index (χ3n) is 4.20. The minimum atomic E-state index is -4.60. The first-order valence-electron chi connectivity index (χ1n) is 8.59. The van der Waals surface area contributed by atoms with Crippen LogP contribution < -0.4 is 10.1 Å². The average molecular weight is 440 g/mol. The van der Waals surface area contributed by atoms with Gasteiger partial charge in [-0.1, -0.05) is 29.8 Å². The van der Waals surface area contributed by atoms with Gasteiger partial charge in [0.1, 0.15) is 12.4 Å². The summed E-state index contributed by atoms with van der Waals surface area (Å²) >= 11 is 6.79. The number of amides is 1. The highest BCUT2D eigenvalue weighted by Gasteiger charge is 2.33. The zero-order chi connectivity index (χ0) is 21.2. The second-order valence-corrected chi connectivity index (χ2v) is 7.79. The van der Waals surface area contributed by atoms with Gasteiger partial charge in [0.15, 0.2) is 0 Å². The maximum absolute atomic E-state index is 13.0. The smallest absolute Gasteiger partial charge is 0.417 e. The Bertz CT molecular complexity index is 1030. The molecule has 0 spiro atoms. The third-order valence-corrected chi connectivity index (χ3v) is 5.51. The molecule has 0 bridgehead atoms. The van der Waals surface area contributed by atoms with Crippen molar-refractivity contribution in [2.45, 2.75) is 26.6 Å². The Morgan fingerprint density at radius 3 is 2.48 bits per heavy atom. The van der Waals surface area contributed by atoms with Gasteiger partial charge >= 0.3 is 6.18 Å². The van der Waals surface area contributed by atoms with Gasteiger partial charge in [0.2, 0.25) is 0 Å². The fourth-order valence-corrected chi connectivity index (χ4v) is 3.78. The Labute approximate surface area is 175 Å². The second kappa shape index (κ2) is 8.47. The molecule has 3 aromatic rings. The van der Waals surface area contributed by atoms with E-state index in [1.165, 1.54) is 17.4 Å². The summed E-state index contributed by atoms with van der Waals surface area (Å²) in [5, 5.41) is 3.84. The Morgan fingerprint density at radius 1 is 1.14 bits per heavy atom. The second-order valence-electron chi connectivity index (χ2n) is 6.48. The molecule has 0 aliphatic heterocycles. The molecule has 0 aliphatic rings. The van der Waals surface area contributed by atoms with Gasteiger partial charge in [0.25, 0.3) is 5.91 Å². The molecule has 29 heavy (non-hydrogen) atoms. The SMILES string of the molecule is Cc1cccc(C)c1OCc1csc(C(=O)Nc2ccc(Cl)c(C(F)(F)F)c2)c1. The van der Waals surface area contributed by atoms with Gasteiger partial charge in [-0.05, 0) is 54.6 Å². The van der Waals surface area contributed by atoms with Gasteiger partial charge in [-0.2, -0.15) is 13.2 Å². The molecule has 0 fully saturated rings. The highest BCUT2D eigenvalue weighted by Crippen LogP contribution is 2.36. The largest absolute Gasteiger partial charge is 0.488 e. The molecular formula is C21H17ClF3NO2S. The van der Waals surface area contributed by atoms with E-state index in [-0.39, 0.29) is 12.3 Å². The highest BCUT2D eigenvalue weighted by molar-refractivity contribution is 7.12. The normalized spacial score (nSPS) is 11.4. The predicted molar refractivity (Wildman–Crippen MR) is 109 cm³/mol. The molecule has 0 saturated heterocycles. The van der Waals surface area contributed by atoms with E-state index in [1.54, 1.807) is 11.4 Å². The minimum absolute atomic E-state index is 0.0217. The summed E-state index contributed by atoms with van der Waals surface area (Å²) in [6.07, 6.45) is -4.60. The van der Waals surface area contributed by atoms with Crippen LogP contribution in [0.3, 0.4) is 0 Å². The number of anilines is 1. The van der Waals surface area contributed by atoms with E-state index in [1.807, 2.05) is 32.0 Å². The quantitative estimate of drug-likeness (QED) is 0.471. The monoisotopic (exact) mass is 439 g/mol. The molecule has 152 valence electrons. The highest BCUT2D eigenvalue weighted by atomic mass is 35.5. The zero-order valence-corrected chi connectivity index (χ0v) is 17.1. The van der Waals surface area contributed by atoms with Crippen LogP contribution in [0.2, 0.25) is 5.02 Å². The van der Waals surface area contributed by atoms with Crippen LogP contribution in [0, 0.1) is 13.8 Å². The Hall–Kier alpha value is -2.51. The first-order valence-corrected chi connectivity index (χ1v) is 9.85. The van der Waals surface area contributed by atoms with Crippen molar-refractivity contribution in [1.82, 2.24) is 0 Å². The lowest BCUT2D eigenvalue weighted by Gasteiger charge is -2.11. The van der Waals surface area contributed by atoms with E-state index in [4.69, 9.17) is 16.3 Å². The van der Waals surface area contributed by atoms with Crippen LogP contribution in [0.1, 0.15) is 31.9 Å². The molecule has 0 radical (unpaired) electrons. The van der Waals surface area contributed by atoms with Crippen LogP contribution >= 0.6 is 22.9 Å². The lowest BCUT2D eigenvalue weighted by Crippen LogP contribution is -2.12. The predicted octanol–water partition coefficient (Wildman–Crippen LogP) is 6.87. The molecule has 8 heteroatoms. The van der Waals surface area contributed by atoms with Crippen LogP contribution in [-0.2, 0) is 12.8 Å². The van der Waals surface area contributed by atoms with Gasteiger partial charge in [0, 0.05) is 11.3 Å². The number of hydrogen-bond donors (Lipinski definition) is 1. The van der Waals surface area contributed by atoms with Crippen LogP contribution in [0.15, 0.2) is 47.8 Å². The number of carbonyl (C=O) groups excluding carboxylic acids is 1. The number of halogens is 4. The van der Waals surface area contributed by atoms with Crippen molar-refractivity contribution < 1.29 is 22.7 Å². The van der Waals surface area contributed by atoms with E-state index in [0.717, 1.165) is 34.6 Å². The molecule has 0 unspecified atom stereocenters. The lowest BCUT2D eigenvalue weighted by molar-refractivity contribution is -0.137. The van der Waals surface area contributed by atoms with E-state index in [2.05, 4.69) is 5.32 Å². The number of para-hydroxylation sites is 1. The molecule has 2 aromatic carbocycles. The van der Waals surface area contributed by atoms with Crippen molar-refractivity contribution in [1.29, 1.82) is 0 Å². The minimum Gasteiger partial charge on any atom is -0.488 e. The molecule has 0 aliphatic carbocycles. The molecule has 0 saturated carbocycles. The van der Waals surface area contributed by atoms with Crippen molar-refractivity contribution in [2.24, 2.45) is 0 Å². The zero-order valence-electron chi connectivity index (χ0n) is 15.6. The number of nitrogens with one attached hydrogen (secondary N) is 1. The Kier molecular flexibility index (Phi) is 6.19. The van der Waals surface area contributed by atoms with Crippen molar-refractivity contribution in [3.63, 3.8) is 0 Å². The number of aryl methyl sites for hydroxylation is 2. The van der Waals surface area contributed by atoms with Crippen LogP contribution in [0.5, 0.6) is 5.75 Å². The number of alkyl halides is 3. The van der Waals surface area contributed by atoms with Gasteiger partial charge in [0.05, 0.1) is 15.5 Å². The third kappa shape index (κ3) is 5.10. The number of carbonyl (C=O) groups is 1. The summed E-state index contributed by atoms with van der Waals surface area (Å²) in [7, 11) is 0. The summed E-state index contributed by atoms with van der Waals surface area (Å²) in [5.41, 5.74) is 1.86. The summed E-state index contributed by atoms with van der Waals surface area (Å²) in [4.78, 5) is 12.8. The van der Waals surface area contributed by atoms with Crippen LogP contribution in [0.25, 0.3) is 0 Å². The fraction of sp³-hybridized carbons (Fsp3) is 0.190. The molecule has 1 N–H and O–H groups in total. The lowest BCUT2D eigenvalue weighted by atomic mass is 10.1. The maximum Gasteiger partial charge on any atom is 0.417 e. The Morgan fingerprint density at radius 2 is 1.83 bits per heavy atom. The molecule has 3 rings (SSSR count). The fourth-order valence-electron chi connectivity index (χ4n) is 2.77. The van der Waals surface area contributed by atoms with E-state index >= 15 is 0 Å². The summed E-state index contributed by atoms with van der Waals surface area (Å²) in [5.74, 6) is 0.300. The van der Waals surface area contributed by atoms with Crippen molar-refractivity contribution >= 4 is 34.5 Å². The van der Waals surface area contributed by atoms with E-state index in [0.29, 0.717) is 4.88 Å².